The van der Waals surface area contributed by atoms with Crippen LogP contribution in [0.4, 0.5) is 0 Å². The number of hydrogen-bond donors (Lipinski definition) is 0. The largest absolute Gasteiger partial charge is 0.497 e. The number of aromatic nitrogens is 1. The van der Waals surface area contributed by atoms with Crippen molar-refractivity contribution < 1.29 is 9.15 Å². The van der Waals surface area contributed by atoms with E-state index in [0.717, 1.165) is 46.6 Å². The highest BCUT2D eigenvalue weighted by atomic mass is 35.5. The Morgan fingerprint density at radius 1 is 1.00 bits per heavy atom. The standard InChI is InChI=1S/C32H22Cl2N2O3S/c1-38-21-10-6-19(7-11-21)30-24-13-8-18-4-2-3-5-23(18)29(24)35-32-36(30)31(37)28(40-32)17-22-12-15-27(39-22)20-9-14-25(33)26(34)16-20/h2-7,9-12,14-17,30H,8,13H2,1H3/b28-17+/t30-/m1/s1. The summed E-state index contributed by atoms with van der Waals surface area (Å²) in [7, 11) is 1.65. The normalized spacial score (nSPS) is 16.3. The number of thiazole rings is 1. The molecule has 1 aliphatic heterocycles. The third kappa shape index (κ3) is 4.24. The molecule has 1 aliphatic carbocycles. The molecular formula is C32H22Cl2N2O3S. The second-order valence-corrected chi connectivity index (χ2v) is 11.5. The number of fused-ring (bicyclic) bond motifs is 3. The van der Waals surface area contributed by atoms with E-state index < -0.39 is 0 Å². The summed E-state index contributed by atoms with van der Waals surface area (Å²) in [5, 5.41) is 0.935. The van der Waals surface area contributed by atoms with Gasteiger partial charge in [-0.1, -0.05) is 70.9 Å². The van der Waals surface area contributed by atoms with Gasteiger partial charge in [0.25, 0.3) is 5.56 Å². The Morgan fingerprint density at radius 2 is 1.82 bits per heavy atom. The molecule has 1 atom stereocenters. The smallest absolute Gasteiger partial charge is 0.271 e. The Kier molecular flexibility index (Phi) is 6.27. The molecule has 2 aromatic heterocycles. The number of methoxy groups -OCH3 is 1. The molecule has 0 saturated heterocycles. The first-order valence-electron chi connectivity index (χ1n) is 12.8. The van der Waals surface area contributed by atoms with Crippen molar-refractivity contribution >= 4 is 46.3 Å². The van der Waals surface area contributed by atoms with Gasteiger partial charge >= 0.3 is 0 Å². The van der Waals surface area contributed by atoms with Gasteiger partial charge in [0.1, 0.15) is 17.3 Å². The molecule has 3 aromatic carbocycles. The minimum Gasteiger partial charge on any atom is -0.497 e. The molecule has 2 aliphatic rings. The van der Waals surface area contributed by atoms with Crippen LogP contribution < -0.4 is 19.6 Å². The van der Waals surface area contributed by atoms with Crippen LogP contribution in [0.15, 0.2) is 98.6 Å². The molecule has 5 aromatic rings. The summed E-state index contributed by atoms with van der Waals surface area (Å²) in [6, 6.07) is 25.1. The van der Waals surface area contributed by atoms with Crippen LogP contribution in [-0.4, -0.2) is 11.7 Å². The highest BCUT2D eigenvalue weighted by Crippen LogP contribution is 2.41. The number of hydrogen-bond acceptors (Lipinski definition) is 5. The van der Waals surface area contributed by atoms with Crippen molar-refractivity contribution in [3.05, 3.63) is 137 Å². The number of aryl methyl sites for hydroxylation is 1. The quantitative estimate of drug-likeness (QED) is 0.231. The summed E-state index contributed by atoms with van der Waals surface area (Å²) in [6.07, 6.45) is 3.53. The summed E-state index contributed by atoms with van der Waals surface area (Å²) >= 11 is 13.6. The van der Waals surface area contributed by atoms with Gasteiger partial charge in [-0.25, -0.2) is 4.99 Å². The maximum atomic E-state index is 14.0. The number of benzene rings is 3. The second kappa shape index (κ2) is 9.97. The van der Waals surface area contributed by atoms with E-state index in [-0.39, 0.29) is 11.6 Å². The first-order chi connectivity index (χ1) is 19.5. The number of rotatable bonds is 4. The fourth-order valence-corrected chi connectivity index (χ4v) is 6.75. The first-order valence-corrected chi connectivity index (χ1v) is 14.4. The SMILES string of the molecule is COc1ccc([C@@H]2C3=C(N=c4s/c(=C/c5ccc(-c6ccc(Cl)c(Cl)c6)o5)c(=O)n42)c2ccccc2CC3)cc1. The van der Waals surface area contributed by atoms with Crippen LogP contribution in [0.3, 0.4) is 0 Å². The third-order valence-corrected chi connectivity index (χ3v) is 9.13. The predicted molar refractivity (Wildman–Crippen MR) is 160 cm³/mol. The van der Waals surface area contributed by atoms with Crippen LogP contribution in [0.1, 0.15) is 34.9 Å². The number of nitrogens with zero attached hydrogens (tertiary/aromatic N) is 2. The van der Waals surface area contributed by atoms with Gasteiger partial charge in [-0.15, -0.1) is 0 Å². The monoisotopic (exact) mass is 584 g/mol. The van der Waals surface area contributed by atoms with E-state index in [1.165, 1.54) is 16.9 Å². The van der Waals surface area contributed by atoms with E-state index in [1.54, 1.807) is 25.3 Å². The Balaban J connectivity index is 1.38. The van der Waals surface area contributed by atoms with Gasteiger partial charge in [0.2, 0.25) is 0 Å². The molecule has 0 N–H and O–H groups in total. The molecule has 0 spiro atoms. The Bertz CT molecular complexity index is 2000. The minimum atomic E-state index is -0.254. The molecule has 0 radical (unpaired) electrons. The third-order valence-electron chi connectivity index (χ3n) is 7.41. The summed E-state index contributed by atoms with van der Waals surface area (Å²) in [6.45, 7) is 0. The maximum Gasteiger partial charge on any atom is 0.271 e. The first kappa shape index (κ1) is 25.1. The van der Waals surface area contributed by atoms with Crippen LogP contribution in [0.5, 0.6) is 5.75 Å². The van der Waals surface area contributed by atoms with Crippen LogP contribution >= 0.6 is 34.5 Å². The molecular weight excluding hydrogens is 563 g/mol. The molecule has 198 valence electrons. The van der Waals surface area contributed by atoms with Gasteiger partial charge in [0.15, 0.2) is 4.80 Å². The van der Waals surface area contributed by atoms with E-state index in [0.29, 0.717) is 30.9 Å². The van der Waals surface area contributed by atoms with Crippen molar-refractivity contribution in [3.8, 4) is 17.1 Å². The zero-order valence-electron chi connectivity index (χ0n) is 21.4. The molecule has 3 heterocycles. The zero-order valence-corrected chi connectivity index (χ0v) is 23.7. The lowest BCUT2D eigenvalue weighted by molar-refractivity contribution is 0.414. The Morgan fingerprint density at radius 3 is 2.62 bits per heavy atom. The van der Waals surface area contributed by atoms with E-state index in [9.17, 15) is 4.79 Å². The molecule has 0 fully saturated rings. The maximum absolute atomic E-state index is 14.0. The fraction of sp³-hybridized carbons (Fsp3) is 0.125. The lowest BCUT2D eigenvalue weighted by Crippen LogP contribution is -2.38. The summed E-state index contributed by atoms with van der Waals surface area (Å²) in [5.41, 5.74) is 6.28. The summed E-state index contributed by atoms with van der Waals surface area (Å²) in [4.78, 5) is 19.7. The highest BCUT2D eigenvalue weighted by Gasteiger charge is 2.32. The number of allylic oxidation sites excluding steroid dienone is 1. The van der Waals surface area contributed by atoms with Crippen molar-refractivity contribution in [2.75, 3.05) is 7.11 Å². The second-order valence-electron chi connectivity index (χ2n) is 9.72. The van der Waals surface area contributed by atoms with Crippen LogP contribution in [0, 0.1) is 0 Å². The molecule has 0 saturated carbocycles. The minimum absolute atomic E-state index is 0.0949. The van der Waals surface area contributed by atoms with Crippen molar-refractivity contribution in [1.29, 1.82) is 0 Å². The van der Waals surface area contributed by atoms with E-state index in [1.807, 2.05) is 53.1 Å². The van der Waals surface area contributed by atoms with Crippen LogP contribution in [-0.2, 0) is 6.42 Å². The predicted octanol–water partition coefficient (Wildman–Crippen LogP) is 6.89. The molecule has 7 rings (SSSR count). The average Bonchev–Trinajstić information content (AvgIpc) is 3.57. The van der Waals surface area contributed by atoms with Gasteiger partial charge in [-0.05, 0) is 72.0 Å². The van der Waals surface area contributed by atoms with E-state index in [2.05, 4.69) is 18.2 Å². The van der Waals surface area contributed by atoms with Crippen molar-refractivity contribution in [1.82, 2.24) is 4.57 Å². The zero-order chi connectivity index (χ0) is 27.4. The van der Waals surface area contributed by atoms with Gasteiger partial charge in [-0.2, -0.15) is 0 Å². The van der Waals surface area contributed by atoms with Gasteiger partial charge < -0.3 is 9.15 Å². The molecule has 40 heavy (non-hydrogen) atoms. The summed E-state index contributed by atoms with van der Waals surface area (Å²) < 4.78 is 13.9. The van der Waals surface area contributed by atoms with Crippen molar-refractivity contribution in [2.45, 2.75) is 18.9 Å². The van der Waals surface area contributed by atoms with Crippen molar-refractivity contribution in [3.63, 3.8) is 0 Å². The molecule has 0 amide bonds. The Labute approximate surface area is 243 Å². The highest BCUT2D eigenvalue weighted by molar-refractivity contribution is 7.07. The van der Waals surface area contributed by atoms with Gasteiger partial charge in [-0.3, -0.25) is 9.36 Å². The van der Waals surface area contributed by atoms with Crippen molar-refractivity contribution in [2.24, 2.45) is 4.99 Å². The molecule has 0 bridgehead atoms. The topological polar surface area (TPSA) is 56.7 Å². The number of ether oxygens (including phenoxy) is 1. The van der Waals surface area contributed by atoms with Crippen LogP contribution in [0.2, 0.25) is 10.0 Å². The lowest BCUT2D eigenvalue weighted by Gasteiger charge is -2.30. The van der Waals surface area contributed by atoms with E-state index >= 15 is 0 Å². The number of halogens is 2. The van der Waals surface area contributed by atoms with Gasteiger partial charge in [0.05, 0.1) is 33.4 Å². The molecule has 8 heteroatoms. The summed E-state index contributed by atoms with van der Waals surface area (Å²) in [5.74, 6) is 1.98. The number of furan rings is 1. The molecule has 0 unspecified atom stereocenters. The van der Waals surface area contributed by atoms with E-state index in [4.69, 9.17) is 37.3 Å². The average molecular weight is 586 g/mol. The molecule has 5 nitrogen and oxygen atoms in total. The fourth-order valence-electron chi connectivity index (χ4n) is 5.47. The Hall–Kier alpha value is -3.84. The van der Waals surface area contributed by atoms with Gasteiger partial charge in [0, 0.05) is 17.2 Å². The van der Waals surface area contributed by atoms with Crippen LogP contribution in [0.25, 0.3) is 23.1 Å². The lowest BCUT2D eigenvalue weighted by atomic mass is 9.83.